The SMILES string of the molecule is COC(=O)N1CCN(c2ncnc3[nH]ncc23)CC1. The minimum Gasteiger partial charge on any atom is -0.453 e. The van der Waals surface area contributed by atoms with Crippen molar-refractivity contribution in [2.45, 2.75) is 0 Å². The molecule has 2 aromatic rings. The van der Waals surface area contributed by atoms with Gasteiger partial charge in [-0.05, 0) is 0 Å². The summed E-state index contributed by atoms with van der Waals surface area (Å²) in [4.78, 5) is 23.7. The monoisotopic (exact) mass is 262 g/mol. The van der Waals surface area contributed by atoms with Gasteiger partial charge in [0.25, 0.3) is 0 Å². The standard InChI is InChI=1S/C11H14N6O2/c1-19-11(18)17-4-2-16(3-5-17)10-8-6-14-15-9(8)12-7-13-10/h6-7H,2-5H2,1H3,(H,12,13,14,15). The summed E-state index contributed by atoms with van der Waals surface area (Å²) in [5, 5.41) is 7.69. The van der Waals surface area contributed by atoms with Crippen molar-refractivity contribution in [1.82, 2.24) is 25.1 Å². The van der Waals surface area contributed by atoms with Gasteiger partial charge in [0.1, 0.15) is 12.1 Å². The van der Waals surface area contributed by atoms with Crippen molar-refractivity contribution in [2.24, 2.45) is 0 Å². The third kappa shape index (κ3) is 2.05. The Balaban J connectivity index is 1.78. The first-order valence-corrected chi connectivity index (χ1v) is 6.01. The number of piperazine rings is 1. The number of H-pyrrole nitrogens is 1. The van der Waals surface area contributed by atoms with Crippen LogP contribution < -0.4 is 4.90 Å². The second kappa shape index (κ2) is 4.71. The van der Waals surface area contributed by atoms with Gasteiger partial charge >= 0.3 is 6.09 Å². The maximum atomic E-state index is 11.4. The van der Waals surface area contributed by atoms with Crippen LogP contribution in [0, 0.1) is 0 Å². The fourth-order valence-corrected chi connectivity index (χ4v) is 2.23. The zero-order valence-corrected chi connectivity index (χ0v) is 10.5. The highest BCUT2D eigenvalue weighted by Gasteiger charge is 2.23. The lowest BCUT2D eigenvalue weighted by atomic mass is 10.3. The topological polar surface area (TPSA) is 87.2 Å². The molecule has 1 fully saturated rings. The normalized spacial score (nSPS) is 15.8. The predicted molar refractivity (Wildman–Crippen MR) is 67.9 cm³/mol. The van der Waals surface area contributed by atoms with Crippen LogP contribution in [0.15, 0.2) is 12.5 Å². The Morgan fingerprint density at radius 1 is 1.32 bits per heavy atom. The number of amides is 1. The smallest absolute Gasteiger partial charge is 0.409 e. The van der Waals surface area contributed by atoms with Crippen molar-refractivity contribution in [3.05, 3.63) is 12.5 Å². The number of hydrogen-bond donors (Lipinski definition) is 1. The summed E-state index contributed by atoms with van der Waals surface area (Å²) in [6, 6.07) is 0. The van der Waals surface area contributed by atoms with E-state index in [1.807, 2.05) is 0 Å². The minimum atomic E-state index is -0.282. The lowest BCUT2D eigenvalue weighted by molar-refractivity contribution is 0.121. The Morgan fingerprint density at radius 2 is 2.11 bits per heavy atom. The van der Waals surface area contributed by atoms with Crippen molar-refractivity contribution < 1.29 is 9.53 Å². The first-order chi connectivity index (χ1) is 9.29. The van der Waals surface area contributed by atoms with E-state index in [2.05, 4.69) is 25.1 Å². The lowest BCUT2D eigenvalue weighted by Crippen LogP contribution is -2.49. The fraction of sp³-hybridized carbons (Fsp3) is 0.455. The summed E-state index contributed by atoms with van der Waals surface area (Å²) in [5.74, 6) is 0.850. The van der Waals surface area contributed by atoms with Crippen LogP contribution in [0.2, 0.25) is 0 Å². The second-order valence-corrected chi connectivity index (χ2v) is 4.27. The third-order valence-corrected chi connectivity index (χ3v) is 3.24. The van der Waals surface area contributed by atoms with Crippen LogP contribution >= 0.6 is 0 Å². The first kappa shape index (κ1) is 11.7. The number of aromatic nitrogens is 4. The van der Waals surface area contributed by atoms with Crippen LogP contribution in [0.25, 0.3) is 11.0 Å². The molecule has 2 aromatic heterocycles. The fourth-order valence-electron chi connectivity index (χ4n) is 2.23. The van der Waals surface area contributed by atoms with E-state index in [0.29, 0.717) is 26.2 Å². The van der Waals surface area contributed by atoms with Gasteiger partial charge in [0, 0.05) is 26.2 Å². The van der Waals surface area contributed by atoms with Gasteiger partial charge < -0.3 is 14.5 Å². The maximum Gasteiger partial charge on any atom is 0.409 e. The molecule has 19 heavy (non-hydrogen) atoms. The molecular formula is C11H14N6O2. The molecule has 1 amide bonds. The second-order valence-electron chi connectivity index (χ2n) is 4.27. The molecular weight excluding hydrogens is 248 g/mol. The number of nitrogens with zero attached hydrogens (tertiary/aromatic N) is 5. The highest BCUT2D eigenvalue weighted by Crippen LogP contribution is 2.22. The van der Waals surface area contributed by atoms with Gasteiger partial charge in [-0.1, -0.05) is 0 Å². The van der Waals surface area contributed by atoms with Crippen LogP contribution in [0.4, 0.5) is 10.6 Å². The van der Waals surface area contributed by atoms with Crippen LogP contribution in [-0.2, 0) is 4.74 Å². The molecule has 8 heteroatoms. The number of hydrogen-bond acceptors (Lipinski definition) is 6. The molecule has 0 unspecified atom stereocenters. The number of aromatic amines is 1. The van der Waals surface area contributed by atoms with Crippen molar-refractivity contribution in [3.63, 3.8) is 0 Å². The Bertz CT molecular complexity index is 590. The van der Waals surface area contributed by atoms with Crippen molar-refractivity contribution in [3.8, 4) is 0 Å². The number of ether oxygens (including phenoxy) is 1. The van der Waals surface area contributed by atoms with Crippen molar-refractivity contribution in [1.29, 1.82) is 0 Å². The van der Waals surface area contributed by atoms with Crippen LogP contribution in [0.3, 0.4) is 0 Å². The number of fused-ring (bicyclic) bond motifs is 1. The van der Waals surface area contributed by atoms with Gasteiger partial charge in [0.15, 0.2) is 5.65 Å². The summed E-state index contributed by atoms with van der Waals surface area (Å²) in [7, 11) is 1.40. The Hall–Kier alpha value is -2.38. The molecule has 1 N–H and O–H groups in total. The molecule has 100 valence electrons. The number of anilines is 1. The summed E-state index contributed by atoms with van der Waals surface area (Å²) in [6.45, 7) is 2.67. The Kier molecular flexibility index (Phi) is 2.90. The lowest BCUT2D eigenvalue weighted by Gasteiger charge is -2.34. The van der Waals surface area contributed by atoms with Crippen molar-refractivity contribution >= 4 is 22.9 Å². The average molecular weight is 262 g/mol. The van der Waals surface area contributed by atoms with Gasteiger partial charge in [-0.2, -0.15) is 5.10 Å². The molecule has 0 spiro atoms. The van der Waals surface area contributed by atoms with Gasteiger partial charge in [0.2, 0.25) is 0 Å². The van der Waals surface area contributed by atoms with E-state index >= 15 is 0 Å². The van der Waals surface area contributed by atoms with Crippen LogP contribution in [0.5, 0.6) is 0 Å². The highest BCUT2D eigenvalue weighted by atomic mass is 16.5. The molecule has 0 aromatic carbocycles. The summed E-state index contributed by atoms with van der Waals surface area (Å²) >= 11 is 0. The van der Waals surface area contributed by atoms with Crippen LogP contribution in [0.1, 0.15) is 0 Å². The van der Waals surface area contributed by atoms with E-state index < -0.39 is 0 Å². The van der Waals surface area contributed by atoms with E-state index in [0.717, 1.165) is 16.9 Å². The van der Waals surface area contributed by atoms with Gasteiger partial charge in [0.05, 0.1) is 18.7 Å². The molecule has 3 heterocycles. The third-order valence-electron chi connectivity index (χ3n) is 3.24. The maximum absolute atomic E-state index is 11.4. The Labute approximate surface area is 109 Å². The number of rotatable bonds is 1. The number of methoxy groups -OCH3 is 1. The molecule has 0 radical (unpaired) electrons. The molecule has 1 aliphatic heterocycles. The number of carbonyl (C=O) groups excluding carboxylic acids is 1. The van der Waals surface area contributed by atoms with E-state index in [-0.39, 0.29) is 6.09 Å². The van der Waals surface area contributed by atoms with E-state index in [9.17, 15) is 4.79 Å². The van der Waals surface area contributed by atoms with E-state index in [1.54, 1.807) is 11.1 Å². The zero-order chi connectivity index (χ0) is 13.2. The van der Waals surface area contributed by atoms with Gasteiger partial charge in [-0.25, -0.2) is 14.8 Å². The van der Waals surface area contributed by atoms with Gasteiger partial charge in [-0.3, -0.25) is 5.10 Å². The first-order valence-electron chi connectivity index (χ1n) is 6.01. The minimum absolute atomic E-state index is 0.282. The van der Waals surface area contributed by atoms with E-state index in [4.69, 9.17) is 4.74 Å². The van der Waals surface area contributed by atoms with E-state index in [1.165, 1.54) is 13.4 Å². The summed E-state index contributed by atoms with van der Waals surface area (Å²) in [6.07, 6.45) is 2.95. The molecule has 0 bridgehead atoms. The highest BCUT2D eigenvalue weighted by molar-refractivity contribution is 5.86. The molecule has 8 nitrogen and oxygen atoms in total. The van der Waals surface area contributed by atoms with Gasteiger partial charge in [-0.15, -0.1) is 0 Å². The van der Waals surface area contributed by atoms with Crippen molar-refractivity contribution in [2.75, 3.05) is 38.2 Å². The quantitative estimate of drug-likeness (QED) is 0.792. The number of nitrogens with one attached hydrogen (secondary N) is 1. The predicted octanol–water partition coefficient (Wildman–Crippen LogP) is 0.241. The number of carbonyl (C=O) groups is 1. The molecule has 0 atom stereocenters. The molecule has 3 rings (SSSR count). The zero-order valence-electron chi connectivity index (χ0n) is 10.5. The summed E-state index contributed by atoms with van der Waals surface area (Å²) in [5.41, 5.74) is 0.723. The summed E-state index contributed by atoms with van der Waals surface area (Å²) < 4.78 is 4.72. The molecule has 0 saturated carbocycles. The Morgan fingerprint density at radius 3 is 2.84 bits per heavy atom. The molecule has 0 aliphatic carbocycles. The van der Waals surface area contributed by atoms with Crippen LogP contribution in [-0.4, -0.2) is 64.4 Å². The average Bonchev–Trinajstić information content (AvgIpc) is 2.95. The largest absolute Gasteiger partial charge is 0.453 e. The molecule has 1 aliphatic rings. The molecule has 1 saturated heterocycles.